The van der Waals surface area contributed by atoms with Crippen LogP contribution in [0.2, 0.25) is 5.02 Å². The summed E-state index contributed by atoms with van der Waals surface area (Å²) in [6.45, 7) is 5.83. The van der Waals surface area contributed by atoms with E-state index < -0.39 is 16.1 Å². The van der Waals surface area contributed by atoms with E-state index in [1.54, 1.807) is 25.4 Å². The summed E-state index contributed by atoms with van der Waals surface area (Å²) < 4.78 is 26.8. The summed E-state index contributed by atoms with van der Waals surface area (Å²) >= 11 is 6.07. The Balaban J connectivity index is 1.34. The lowest BCUT2D eigenvalue weighted by molar-refractivity contribution is 0.225. The van der Waals surface area contributed by atoms with Crippen LogP contribution < -0.4 is 10.2 Å². The van der Waals surface area contributed by atoms with Gasteiger partial charge in [-0.1, -0.05) is 11.6 Å². The Morgan fingerprint density at radius 3 is 2.50 bits per heavy atom. The molecule has 160 valence electrons. The first-order valence-electron chi connectivity index (χ1n) is 9.74. The quantitative estimate of drug-likeness (QED) is 0.745. The molecule has 0 spiro atoms. The molecule has 0 radical (unpaired) electrons. The molecule has 3 heterocycles. The van der Waals surface area contributed by atoms with Gasteiger partial charge < -0.3 is 10.2 Å². The molecule has 0 atom stereocenters. The van der Waals surface area contributed by atoms with E-state index in [9.17, 15) is 13.2 Å². The molecule has 2 aromatic rings. The van der Waals surface area contributed by atoms with E-state index in [2.05, 4.69) is 25.1 Å². The summed E-state index contributed by atoms with van der Waals surface area (Å²) in [7, 11) is -3.90. The number of aryl methyl sites for hydroxylation is 1. The molecule has 2 aliphatic rings. The van der Waals surface area contributed by atoms with Crippen LogP contribution in [0.3, 0.4) is 0 Å². The number of rotatable bonds is 5. The van der Waals surface area contributed by atoms with Crippen molar-refractivity contribution in [1.29, 1.82) is 0 Å². The predicted octanol–water partition coefficient (Wildman–Crippen LogP) is 2.19. The Labute approximate surface area is 180 Å². The van der Waals surface area contributed by atoms with Crippen LogP contribution in [0.4, 0.5) is 16.4 Å². The number of urea groups is 1. The summed E-state index contributed by atoms with van der Waals surface area (Å²) in [6.07, 6.45) is 4.01. The molecule has 0 bridgehead atoms. The minimum atomic E-state index is -3.90. The fraction of sp³-hybridized carbons (Fsp3) is 0.421. The topological polar surface area (TPSA) is 98.7 Å². The number of carbonyl (C=O) groups is 1. The normalized spacial score (nSPS) is 18.8. The molecule has 0 aliphatic carbocycles. The van der Waals surface area contributed by atoms with Gasteiger partial charge in [-0.15, -0.1) is 0 Å². The SMILES string of the molecule is Cc1cc2c(cc1Cl)NC(=O)N(CCCN1CCN(c3ncccn3)CC1)S2(=O)=O. The van der Waals surface area contributed by atoms with Gasteiger partial charge in [-0.3, -0.25) is 4.90 Å². The number of aromatic nitrogens is 2. The molecule has 1 fully saturated rings. The summed E-state index contributed by atoms with van der Waals surface area (Å²) in [4.78, 5) is 25.4. The zero-order valence-corrected chi connectivity index (χ0v) is 18.2. The molecule has 9 nitrogen and oxygen atoms in total. The molecule has 1 aromatic heterocycles. The van der Waals surface area contributed by atoms with Crippen LogP contribution in [0.25, 0.3) is 0 Å². The number of nitrogens with one attached hydrogen (secondary N) is 1. The van der Waals surface area contributed by atoms with Gasteiger partial charge in [-0.05, 0) is 37.1 Å². The van der Waals surface area contributed by atoms with E-state index in [-0.39, 0.29) is 17.1 Å². The van der Waals surface area contributed by atoms with Gasteiger partial charge in [-0.2, -0.15) is 0 Å². The van der Waals surface area contributed by atoms with E-state index in [4.69, 9.17) is 11.6 Å². The zero-order chi connectivity index (χ0) is 21.3. The summed E-state index contributed by atoms with van der Waals surface area (Å²) in [6, 6.07) is 4.13. The predicted molar refractivity (Wildman–Crippen MR) is 114 cm³/mol. The fourth-order valence-electron chi connectivity index (χ4n) is 3.66. The van der Waals surface area contributed by atoms with Gasteiger partial charge in [0.15, 0.2) is 0 Å². The molecule has 2 aliphatic heterocycles. The van der Waals surface area contributed by atoms with Crippen LogP contribution in [-0.4, -0.2) is 72.9 Å². The molecule has 1 saturated heterocycles. The van der Waals surface area contributed by atoms with Crippen LogP contribution in [0.15, 0.2) is 35.5 Å². The lowest BCUT2D eigenvalue weighted by Gasteiger charge is -2.35. The smallest absolute Gasteiger partial charge is 0.335 e. The highest BCUT2D eigenvalue weighted by molar-refractivity contribution is 7.90. The van der Waals surface area contributed by atoms with E-state index in [1.165, 1.54) is 12.1 Å². The van der Waals surface area contributed by atoms with Crippen molar-refractivity contribution in [2.24, 2.45) is 0 Å². The summed E-state index contributed by atoms with van der Waals surface area (Å²) in [5.41, 5.74) is 0.876. The first-order chi connectivity index (χ1) is 14.4. The number of anilines is 2. The number of amides is 2. The number of hydrogen-bond acceptors (Lipinski definition) is 7. The average molecular weight is 451 g/mol. The maximum absolute atomic E-state index is 12.9. The number of halogens is 1. The molecule has 2 amide bonds. The van der Waals surface area contributed by atoms with Crippen molar-refractivity contribution < 1.29 is 13.2 Å². The maximum Gasteiger partial charge on any atom is 0.335 e. The Morgan fingerprint density at radius 1 is 1.10 bits per heavy atom. The number of benzene rings is 1. The van der Waals surface area contributed by atoms with Crippen molar-refractivity contribution in [3.05, 3.63) is 41.2 Å². The highest BCUT2D eigenvalue weighted by Gasteiger charge is 2.36. The molecule has 4 rings (SSSR count). The average Bonchev–Trinajstić information content (AvgIpc) is 2.73. The monoisotopic (exact) mass is 450 g/mol. The van der Waals surface area contributed by atoms with Crippen molar-refractivity contribution >= 4 is 39.3 Å². The highest BCUT2D eigenvalue weighted by atomic mass is 35.5. The van der Waals surface area contributed by atoms with Crippen molar-refractivity contribution in [2.75, 3.05) is 49.5 Å². The van der Waals surface area contributed by atoms with Crippen molar-refractivity contribution in [3.8, 4) is 0 Å². The molecule has 0 saturated carbocycles. The van der Waals surface area contributed by atoms with Crippen LogP contribution >= 0.6 is 11.6 Å². The maximum atomic E-state index is 12.9. The number of fused-ring (bicyclic) bond motifs is 1. The number of sulfonamides is 1. The zero-order valence-electron chi connectivity index (χ0n) is 16.6. The van der Waals surface area contributed by atoms with Crippen LogP contribution in [0, 0.1) is 6.92 Å². The van der Waals surface area contributed by atoms with E-state index >= 15 is 0 Å². The molecule has 30 heavy (non-hydrogen) atoms. The van der Waals surface area contributed by atoms with Gasteiger partial charge in [0.25, 0.3) is 10.0 Å². The minimum Gasteiger partial charge on any atom is -0.338 e. The van der Waals surface area contributed by atoms with Gasteiger partial charge in [0, 0.05) is 56.7 Å². The fourth-order valence-corrected chi connectivity index (χ4v) is 5.41. The number of hydrogen-bond donors (Lipinski definition) is 1. The number of carbonyl (C=O) groups excluding carboxylic acids is 1. The van der Waals surface area contributed by atoms with E-state index in [0.717, 1.165) is 36.4 Å². The first kappa shape index (κ1) is 20.8. The summed E-state index contributed by atoms with van der Waals surface area (Å²) in [5.74, 6) is 0.724. The van der Waals surface area contributed by atoms with Gasteiger partial charge >= 0.3 is 6.03 Å². The van der Waals surface area contributed by atoms with Gasteiger partial charge in [-0.25, -0.2) is 27.5 Å². The third kappa shape index (κ3) is 4.07. The van der Waals surface area contributed by atoms with Crippen molar-refractivity contribution in [1.82, 2.24) is 19.2 Å². The minimum absolute atomic E-state index is 0.0838. The van der Waals surface area contributed by atoms with Crippen molar-refractivity contribution in [2.45, 2.75) is 18.2 Å². The molecule has 0 unspecified atom stereocenters. The van der Waals surface area contributed by atoms with Crippen LogP contribution in [0.5, 0.6) is 0 Å². The third-order valence-electron chi connectivity index (χ3n) is 5.34. The van der Waals surface area contributed by atoms with Crippen LogP contribution in [0.1, 0.15) is 12.0 Å². The third-order valence-corrected chi connectivity index (χ3v) is 7.57. The Morgan fingerprint density at radius 2 is 1.80 bits per heavy atom. The van der Waals surface area contributed by atoms with Gasteiger partial charge in [0.05, 0.1) is 5.69 Å². The molecular formula is C19H23ClN6O3S. The Kier molecular flexibility index (Phi) is 5.81. The van der Waals surface area contributed by atoms with Crippen molar-refractivity contribution in [3.63, 3.8) is 0 Å². The van der Waals surface area contributed by atoms with Gasteiger partial charge in [0.1, 0.15) is 4.90 Å². The number of piperazine rings is 1. The molecule has 11 heteroatoms. The molecule has 1 aromatic carbocycles. The van der Waals surface area contributed by atoms with Gasteiger partial charge in [0.2, 0.25) is 5.95 Å². The molecular weight excluding hydrogens is 428 g/mol. The largest absolute Gasteiger partial charge is 0.338 e. The standard InChI is InChI=1S/C19H23ClN6O3S/c1-14-12-17-16(13-15(14)20)23-19(27)26(30(17,28)29)7-3-6-24-8-10-25(11-9-24)18-21-4-2-5-22-18/h2,4-5,12-13H,3,6-11H2,1H3,(H,23,27). The van der Waals surface area contributed by atoms with E-state index in [0.29, 0.717) is 23.6 Å². The lowest BCUT2D eigenvalue weighted by Crippen LogP contribution is -2.48. The van der Waals surface area contributed by atoms with E-state index in [1.807, 2.05) is 0 Å². The second-order valence-electron chi connectivity index (χ2n) is 7.34. The second kappa shape index (κ2) is 8.37. The highest BCUT2D eigenvalue weighted by Crippen LogP contribution is 2.34. The van der Waals surface area contributed by atoms with Crippen LogP contribution in [-0.2, 0) is 10.0 Å². The number of nitrogens with zero attached hydrogens (tertiary/aromatic N) is 5. The Bertz CT molecular complexity index is 1040. The summed E-state index contributed by atoms with van der Waals surface area (Å²) in [5, 5.41) is 3.05. The lowest BCUT2D eigenvalue weighted by atomic mass is 10.2. The second-order valence-corrected chi connectivity index (χ2v) is 9.57. The molecule has 1 N–H and O–H groups in total. The Hall–Kier alpha value is -2.43. The first-order valence-corrected chi connectivity index (χ1v) is 11.6.